The summed E-state index contributed by atoms with van der Waals surface area (Å²) >= 11 is 7.44. The van der Waals surface area contributed by atoms with Crippen LogP contribution >= 0.6 is 49.9 Å². The van der Waals surface area contributed by atoms with E-state index in [4.69, 9.17) is 10.3 Å². The molecule has 2 heterocycles. The number of halogens is 2. The highest BCUT2D eigenvalue weighted by Gasteiger charge is 2.20. The van der Waals surface area contributed by atoms with E-state index in [1.807, 2.05) is 29.6 Å². The maximum Gasteiger partial charge on any atom is 0.231 e. The zero-order valence-electron chi connectivity index (χ0n) is 9.56. The Morgan fingerprint density at radius 1 is 1.32 bits per heavy atom. The summed E-state index contributed by atoms with van der Waals surface area (Å²) in [4.78, 5) is 1.06. The third kappa shape index (κ3) is 2.44. The smallest absolute Gasteiger partial charge is 0.231 e. The first-order valence-electron chi connectivity index (χ1n) is 5.41. The molecule has 3 aromatic rings. The van der Waals surface area contributed by atoms with Crippen molar-refractivity contribution in [3.63, 3.8) is 0 Å². The largest absolute Gasteiger partial charge is 0.367 e. The molecule has 0 aliphatic carbocycles. The van der Waals surface area contributed by atoms with Crippen LogP contribution in [0.2, 0.25) is 0 Å². The van der Waals surface area contributed by atoms with E-state index in [0.717, 1.165) is 29.7 Å². The van der Waals surface area contributed by atoms with Crippen LogP contribution in [0.5, 0.6) is 0 Å². The maximum atomic E-state index is 5.92. The Labute approximate surface area is 136 Å². The molecule has 3 rings (SSSR count). The van der Waals surface area contributed by atoms with Crippen LogP contribution in [0.15, 0.2) is 44.7 Å². The normalized spacial score (nSPS) is 10.8. The summed E-state index contributed by atoms with van der Waals surface area (Å²) in [5, 5.41) is 6.13. The van der Waals surface area contributed by atoms with E-state index in [9.17, 15) is 0 Å². The maximum absolute atomic E-state index is 5.92. The van der Waals surface area contributed by atoms with Crippen LogP contribution in [0.4, 0.5) is 5.88 Å². The van der Waals surface area contributed by atoms with E-state index < -0.39 is 0 Å². The molecule has 0 atom stereocenters. The highest BCUT2D eigenvalue weighted by Crippen LogP contribution is 2.41. The van der Waals surface area contributed by atoms with Gasteiger partial charge < -0.3 is 10.3 Å². The van der Waals surface area contributed by atoms with Crippen molar-refractivity contribution in [3.8, 4) is 21.7 Å². The predicted molar refractivity (Wildman–Crippen MR) is 90.1 cm³/mol. The lowest BCUT2D eigenvalue weighted by Crippen LogP contribution is -1.87. The summed E-state index contributed by atoms with van der Waals surface area (Å²) in [7, 11) is 0. The van der Waals surface area contributed by atoms with E-state index in [1.54, 1.807) is 11.3 Å². The van der Waals surface area contributed by atoms with Crippen LogP contribution in [-0.4, -0.2) is 5.16 Å². The number of nitrogen functional groups attached to an aromatic ring is 1. The molecule has 2 aromatic heterocycles. The molecule has 1 aromatic carbocycles. The number of anilines is 1. The summed E-state index contributed by atoms with van der Waals surface area (Å²) in [6.45, 7) is 0. The topological polar surface area (TPSA) is 52.0 Å². The molecule has 96 valence electrons. The van der Waals surface area contributed by atoms with Crippen molar-refractivity contribution in [2.75, 3.05) is 5.73 Å². The number of rotatable bonds is 2. The van der Waals surface area contributed by atoms with E-state index in [-0.39, 0.29) is 0 Å². The third-order valence-electron chi connectivity index (χ3n) is 2.67. The monoisotopic (exact) mass is 446 g/mol. The van der Waals surface area contributed by atoms with Crippen LogP contribution in [0, 0.1) is 3.57 Å². The predicted octanol–water partition coefficient (Wildman–Crippen LogP) is 5.02. The molecule has 0 saturated carbocycles. The molecule has 19 heavy (non-hydrogen) atoms. The minimum absolute atomic E-state index is 0.350. The van der Waals surface area contributed by atoms with Crippen molar-refractivity contribution in [3.05, 3.63) is 43.8 Å². The minimum atomic E-state index is 0.350. The highest BCUT2D eigenvalue weighted by atomic mass is 127. The fraction of sp³-hybridized carbons (Fsp3) is 0. The minimum Gasteiger partial charge on any atom is -0.367 e. The molecule has 0 aliphatic heterocycles. The number of hydrogen-bond donors (Lipinski definition) is 1. The van der Waals surface area contributed by atoms with E-state index in [0.29, 0.717) is 5.88 Å². The Balaban J connectivity index is 2.24. The first-order chi connectivity index (χ1) is 9.16. The van der Waals surface area contributed by atoms with Crippen LogP contribution in [0.1, 0.15) is 0 Å². The third-order valence-corrected chi connectivity index (χ3v) is 4.92. The average Bonchev–Trinajstić information content (AvgIpc) is 3.01. The Bertz CT molecular complexity index is 724. The number of hydrogen-bond acceptors (Lipinski definition) is 4. The lowest BCUT2D eigenvalue weighted by Gasteiger charge is -2.04. The first kappa shape index (κ1) is 13.1. The average molecular weight is 447 g/mol. The summed E-state index contributed by atoms with van der Waals surface area (Å²) < 4.78 is 7.29. The lowest BCUT2D eigenvalue weighted by atomic mass is 10.1. The fourth-order valence-corrected chi connectivity index (χ4v) is 3.53. The molecule has 0 fully saturated rings. The van der Waals surface area contributed by atoms with Gasteiger partial charge in [-0.05, 0) is 52.2 Å². The van der Waals surface area contributed by atoms with E-state index in [1.165, 1.54) is 0 Å². The van der Waals surface area contributed by atoms with Crippen LogP contribution in [0.3, 0.4) is 0 Å². The second-order valence-corrected chi connectivity index (χ2v) is 6.92. The molecule has 0 unspecified atom stereocenters. The molecule has 0 amide bonds. The molecule has 0 radical (unpaired) electrons. The molecular formula is C13H8BrIN2OS. The van der Waals surface area contributed by atoms with Crippen LogP contribution in [0.25, 0.3) is 21.7 Å². The van der Waals surface area contributed by atoms with Crippen LogP contribution in [-0.2, 0) is 0 Å². The lowest BCUT2D eigenvalue weighted by molar-refractivity contribution is 0.439. The number of benzene rings is 1. The van der Waals surface area contributed by atoms with E-state index >= 15 is 0 Å². The second-order valence-electron chi connectivity index (χ2n) is 3.87. The molecule has 6 heteroatoms. The number of aromatic nitrogens is 1. The van der Waals surface area contributed by atoms with Gasteiger partial charge in [0.25, 0.3) is 0 Å². The van der Waals surface area contributed by atoms with Gasteiger partial charge in [0.15, 0.2) is 0 Å². The Hall–Kier alpha value is -0.860. The summed E-state index contributed by atoms with van der Waals surface area (Å²) in [5.74, 6) is 0.350. The fourth-order valence-electron chi connectivity index (χ4n) is 1.82. The molecule has 0 saturated heterocycles. The van der Waals surface area contributed by atoms with Gasteiger partial charge in [-0.15, -0.1) is 11.3 Å². The molecule has 2 N–H and O–H groups in total. The van der Waals surface area contributed by atoms with Gasteiger partial charge in [0.2, 0.25) is 5.88 Å². The van der Waals surface area contributed by atoms with Crippen molar-refractivity contribution >= 4 is 55.7 Å². The van der Waals surface area contributed by atoms with Crippen molar-refractivity contribution in [2.45, 2.75) is 0 Å². The zero-order chi connectivity index (χ0) is 13.4. The zero-order valence-corrected chi connectivity index (χ0v) is 14.1. The SMILES string of the molecule is Nc1onc(-c2cc(I)ccc2Br)c1-c1cccs1. The number of nitrogens with zero attached hydrogens (tertiary/aromatic N) is 1. The van der Waals surface area contributed by atoms with E-state index in [2.05, 4.69) is 49.7 Å². The van der Waals surface area contributed by atoms with Crippen molar-refractivity contribution in [2.24, 2.45) is 0 Å². The molecule has 0 bridgehead atoms. The highest BCUT2D eigenvalue weighted by molar-refractivity contribution is 14.1. The van der Waals surface area contributed by atoms with Gasteiger partial charge in [-0.1, -0.05) is 27.2 Å². The van der Waals surface area contributed by atoms with Crippen molar-refractivity contribution in [1.82, 2.24) is 5.16 Å². The van der Waals surface area contributed by atoms with Crippen molar-refractivity contribution in [1.29, 1.82) is 0 Å². The second kappa shape index (κ2) is 5.26. The quantitative estimate of drug-likeness (QED) is 0.562. The van der Waals surface area contributed by atoms with Gasteiger partial charge in [0.1, 0.15) is 5.69 Å². The van der Waals surface area contributed by atoms with Gasteiger partial charge >= 0.3 is 0 Å². The number of thiophene rings is 1. The van der Waals surface area contributed by atoms with Gasteiger partial charge in [-0.2, -0.15) is 0 Å². The van der Waals surface area contributed by atoms with Crippen LogP contribution < -0.4 is 5.73 Å². The van der Waals surface area contributed by atoms with Gasteiger partial charge in [-0.25, -0.2) is 0 Å². The molecule has 3 nitrogen and oxygen atoms in total. The molecular weight excluding hydrogens is 439 g/mol. The van der Waals surface area contributed by atoms with Gasteiger partial charge in [0, 0.05) is 18.5 Å². The van der Waals surface area contributed by atoms with Crippen molar-refractivity contribution < 1.29 is 4.52 Å². The Morgan fingerprint density at radius 3 is 2.89 bits per heavy atom. The Kier molecular flexibility index (Phi) is 3.64. The molecule has 0 aliphatic rings. The van der Waals surface area contributed by atoms with Gasteiger partial charge in [-0.3, -0.25) is 0 Å². The Morgan fingerprint density at radius 2 is 2.16 bits per heavy atom. The first-order valence-corrected chi connectivity index (χ1v) is 8.16. The summed E-state index contributed by atoms with van der Waals surface area (Å²) in [6.07, 6.45) is 0. The number of nitrogens with two attached hydrogens (primary N) is 1. The summed E-state index contributed by atoms with van der Waals surface area (Å²) in [5.41, 5.74) is 8.53. The molecule has 0 spiro atoms. The summed E-state index contributed by atoms with van der Waals surface area (Å²) in [6, 6.07) is 10.1. The standard InChI is InChI=1S/C13H8BrIN2OS/c14-9-4-3-7(15)6-8(9)12-11(13(16)18-17-12)10-2-1-5-19-10/h1-6H,16H2. The van der Waals surface area contributed by atoms with Gasteiger partial charge in [0.05, 0.1) is 5.56 Å².